The normalized spacial score (nSPS) is 13.5. The van der Waals surface area contributed by atoms with E-state index in [1.807, 2.05) is 34.6 Å². The van der Waals surface area contributed by atoms with Crippen LogP contribution in [0, 0.1) is 11.3 Å². The van der Waals surface area contributed by atoms with E-state index in [1.165, 1.54) is 0 Å². The van der Waals surface area contributed by atoms with Crippen LogP contribution in [0.4, 0.5) is 0 Å². The first-order valence-electron chi connectivity index (χ1n) is 5.14. The minimum atomic E-state index is -0.255. The summed E-state index contributed by atoms with van der Waals surface area (Å²) in [6.07, 6.45) is 0.920. The molecule has 0 aliphatic rings. The van der Waals surface area contributed by atoms with Gasteiger partial charge < -0.3 is 4.74 Å². The molecule has 0 saturated heterocycles. The summed E-state index contributed by atoms with van der Waals surface area (Å²) < 4.78 is 5.15. The van der Waals surface area contributed by atoms with E-state index in [9.17, 15) is 4.79 Å². The Morgan fingerprint density at radius 1 is 1.43 bits per heavy atom. The van der Waals surface area contributed by atoms with Crippen molar-refractivity contribution in [2.75, 3.05) is 6.61 Å². The molecule has 0 aliphatic heterocycles. The third-order valence-corrected chi connectivity index (χ3v) is 2.11. The van der Waals surface area contributed by atoms with Crippen LogP contribution < -0.4 is 0 Å². The van der Waals surface area contributed by atoms with Gasteiger partial charge in [-0.15, -0.1) is 0 Å². The number of hydrogen-bond acceptors (Lipinski definition) is 2. The molecule has 2 nitrogen and oxygen atoms in total. The van der Waals surface area contributed by atoms with Crippen molar-refractivity contribution in [3.8, 4) is 0 Å². The van der Waals surface area contributed by atoms with Gasteiger partial charge in [0.15, 0.2) is 0 Å². The molecule has 0 aliphatic carbocycles. The zero-order valence-corrected chi connectivity index (χ0v) is 10.0. The van der Waals surface area contributed by atoms with Gasteiger partial charge in [0.05, 0.1) is 6.61 Å². The van der Waals surface area contributed by atoms with E-state index in [-0.39, 0.29) is 17.3 Å². The van der Waals surface area contributed by atoms with Gasteiger partial charge in [-0.05, 0) is 17.8 Å². The fraction of sp³-hybridized carbons (Fsp3) is 0.750. The van der Waals surface area contributed by atoms with E-state index in [2.05, 4.69) is 6.58 Å². The van der Waals surface area contributed by atoms with Gasteiger partial charge in [-0.25, -0.2) is 4.79 Å². The fourth-order valence-corrected chi connectivity index (χ4v) is 0.822. The van der Waals surface area contributed by atoms with Crippen LogP contribution in [0.25, 0.3) is 0 Å². The Bertz CT molecular complexity index is 211. The second kappa shape index (κ2) is 5.18. The fourth-order valence-electron chi connectivity index (χ4n) is 0.822. The molecule has 2 heteroatoms. The first-order chi connectivity index (χ1) is 6.28. The first kappa shape index (κ1) is 13.2. The standard InChI is InChI=1S/C12H22O2/c1-7-9(2)10(3)11(13)14-8-12(4,5)6/h9H,3,7-8H2,1-2,4-6H3. The highest BCUT2D eigenvalue weighted by atomic mass is 16.5. The molecule has 14 heavy (non-hydrogen) atoms. The van der Waals surface area contributed by atoms with Crippen molar-refractivity contribution in [3.05, 3.63) is 12.2 Å². The Hall–Kier alpha value is -0.790. The third-order valence-electron chi connectivity index (χ3n) is 2.11. The molecule has 0 N–H and O–H groups in total. The maximum Gasteiger partial charge on any atom is 0.333 e. The van der Waals surface area contributed by atoms with Crippen molar-refractivity contribution in [2.24, 2.45) is 11.3 Å². The predicted molar refractivity (Wildman–Crippen MR) is 59.0 cm³/mol. The van der Waals surface area contributed by atoms with E-state index < -0.39 is 0 Å². The lowest BCUT2D eigenvalue weighted by molar-refractivity contribution is -0.142. The van der Waals surface area contributed by atoms with Gasteiger partial charge in [0.2, 0.25) is 0 Å². The van der Waals surface area contributed by atoms with Crippen molar-refractivity contribution in [2.45, 2.75) is 41.0 Å². The monoisotopic (exact) mass is 198 g/mol. The molecule has 0 aromatic rings. The van der Waals surface area contributed by atoms with Crippen molar-refractivity contribution in [1.82, 2.24) is 0 Å². The van der Waals surface area contributed by atoms with Crippen LogP contribution in [-0.4, -0.2) is 12.6 Å². The van der Waals surface area contributed by atoms with Gasteiger partial charge in [0.25, 0.3) is 0 Å². The second-order valence-electron chi connectivity index (χ2n) is 4.97. The molecule has 0 aromatic heterocycles. The lowest BCUT2D eigenvalue weighted by Gasteiger charge is -2.19. The molecule has 0 radical (unpaired) electrons. The number of rotatable bonds is 4. The zero-order valence-electron chi connectivity index (χ0n) is 10.0. The molecular weight excluding hydrogens is 176 g/mol. The first-order valence-corrected chi connectivity index (χ1v) is 5.14. The van der Waals surface area contributed by atoms with E-state index in [1.54, 1.807) is 0 Å². The molecule has 0 aromatic carbocycles. The molecule has 0 amide bonds. The van der Waals surface area contributed by atoms with Crippen molar-refractivity contribution in [3.63, 3.8) is 0 Å². The average Bonchev–Trinajstić information content (AvgIpc) is 2.10. The average molecular weight is 198 g/mol. The summed E-state index contributed by atoms with van der Waals surface area (Å²) in [5.41, 5.74) is 0.600. The molecule has 82 valence electrons. The molecule has 1 atom stereocenters. The Balaban J connectivity index is 4.04. The van der Waals surface area contributed by atoms with E-state index >= 15 is 0 Å². The highest BCUT2D eigenvalue weighted by molar-refractivity contribution is 5.88. The molecule has 0 spiro atoms. The number of ether oxygens (including phenoxy) is 1. The topological polar surface area (TPSA) is 26.3 Å². The largest absolute Gasteiger partial charge is 0.462 e. The minimum absolute atomic E-state index is 0.0192. The van der Waals surface area contributed by atoms with Gasteiger partial charge in [-0.2, -0.15) is 0 Å². The number of esters is 1. The summed E-state index contributed by atoms with van der Waals surface area (Å²) in [5.74, 6) is -0.0447. The van der Waals surface area contributed by atoms with Gasteiger partial charge in [-0.3, -0.25) is 0 Å². The van der Waals surface area contributed by atoms with Crippen LogP contribution in [0.2, 0.25) is 0 Å². The van der Waals surface area contributed by atoms with Gasteiger partial charge in [-0.1, -0.05) is 41.2 Å². The lowest BCUT2D eigenvalue weighted by atomic mass is 9.98. The van der Waals surface area contributed by atoms with Crippen molar-refractivity contribution < 1.29 is 9.53 Å². The molecule has 0 rings (SSSR count). The van der Waals surface area contributed by atoms with E-state index in [0.717, 1.165) is 6.42 Å². The summed E-state index contributed by atoms with van der Waals surface area (Å²) >= 11 is 0. The molecule has 1 unspecified atom stereocenters. The van der Waals surface area contributed by atoms with Crippen molar-refractivity contribution >= 4 is 5.97 Å². The van der Waals surface area contributed by atoms with Gasteiger partial charge in [0, 0.05) is 5.57 Å². The Morgan fingerprint density at radius 3 is 2.29 bits per heavy atom. The van der Waals surface area contributed by atoms with Crippen LogP contribution in [0.1, 0.15) is 41.0 Å². The number of carbonyl (C=O) groups excluding carboxylic acids is 1. The highest BCUT2D eigenvalue weighted by Crippen LogP contribution is 2.17. The summed E-state index contributed by atoms with van der Waals surface area (Å²) in [7, 11) is 0. The maximum atomic E-state index is 11.5. The number of hydrogen-bond donors (Lipinski definition) is 0. The quantitative estimate of drug-likeness (QED) is 0.512. The molecule has 0 heterocycles. The van der Waals surface area contributed by atoms with Crippen LogP contribution in [0.3, 0.4) is 0 Å². The predicted octanol–water partition coefficient (Wildman–Crippen LogP) is 3.18. The molecular formula is C12H22O2. The maximum absolute atomic E-state index is 11.5. The Kier molecular flexibility index (Phi) is 4.89. The van der Waals surface area contributed by atoms with E-state index in [4.69, 9.17) is 4.74 Å². The van der Waals surface area contributed by atoms with Gasteiger partial charge >= 0.3 is 5.97 Å². The zero-order chi connectivity index (χ0) is 11.4. The molecule has 0 bridgehead atoms. The Labute approximate surface area is 87.3 Å². The van der Waals surface area contributed by atoms with Gasteiger partial charge in [0.1, 0.15) is 0 Å². The highest BCUT2D eigenvalue weighted by Gasteiger charge is 2.18. The van der Waals surface area contributed by atoms with Crippen molar-refractivity contribution in [1.29, 1.82) is 0 Å². The smallest absolute Gasteiger partial charge is 0.333 e. The Morgan fingerprint density at radius 2 is 1.93 bits per heavy atom. The summed E-state index contributed by atoms with van der Waals surface area (Å²) in [4.78, 5) is 11.5. The summed E-state index contributed by atoms with van der Waals surface area (Å²) in [6, 6.07) is 0. The van der Waals surface area contributed by atoms with Crippen LogP contribution in [0.15, 0.2) is 12.2 Å². The minimum Gasteiger partial charge on any atom is -0.462 e. The lowest BCUT2D eigenvalue weighted by Crippen LogP contribution is -2.20. The van der Waals surface area contributed by atoms with Crippen LogP contribution >= 0.6 is 0 Å². The van der Waals surface area contributed by atoms with Crippen LogP contribution in [-0.2, 0) is 9.53 Å². The second-order valence-corrected chi connectivity index (χ2v) is 4.97. The third kappa shape index (κ3) is 5.05. The number of carbonyl (C=O) groups is 1. The molecule has 0 saturated carbocycles. The molecule has 0 fully saturated rings. The summed E-state index contributed by atoms with van der Waals surface area (Å²) in [6.45, 7) is 14.3. The van der Waals surface area contributed by atoms with Crippen LogP contribution in [0.5, 0.6) is 0 Å². The SMILES string of the molecule is C=C(C(=O)OCC(C)(C)C)C(C)CC. The summed E-state index contributed by atoms with van der Waals surface area (Å²) in [5, 5.41) is 0. The van der Waals surface area contributed by atoms with E-state index in [0.29, 0.717) is 12.2 Å².